The van der Waals surface area contributed by atoms with Gasteiger partial charge in [-0.25, -0.2) is 13.4 Å². The molecule has 0 spiro atoms. The maximum Gasteiger partial charge on any atom is 0.243 e. The number of thioether (sulfide) groups is 1. The molecule has 4 rings (SSSR count). The van der Waals surface area contributed by atoms with E-state index in [2.05, 4.69) is 15.2 Å². The van der Waals surface area contributed by atoms with E-state index in [9.17, 15) is 13.2 Å². The zero-order chi connectivity index (χ0) is 23.3. The van der Waals surface area contributed by atoms with Gasteiger partial charge in [0.15, 0.2) is 5.82 Å². The first-order chi connectivity index (χ1) is 15.9. The van der Waals surface area contributed by atoms with Gasteiger partial charge in [0.05, 0.1) is 10.6 Å². The molecule has 1 fully saturated rings. The van der Waals surface area contributed by atoms with Gasteiger partial charge in [0.2, 0.25) is 21.1 Å². The number of carbonyl (C=O) groups excluding carboxylic acids is 1. The van der Waals surface area contributed by atoms with E-state index in [1.165, 1.54) is 16.1 Å². The number of hydrogen-bond acceptors (Lipinski definition) is 7. The van der Waals surface area contributed by atoms with Gasteiger partial charge >= 0.3 is 0 Å². The van der Waals surface area contributed by atoms with E-state index in [4.69, 9.17) is 4.74 Å². The Morgan fingerprint density at radius 3 is 2.48 bits per heavy atom. The highest BCUT2D eigenvalue weighted by molar-refractivity contribution is 7.99. The van der Waals surface area contributed by atoms with E-state index < -0.39 is 10.0 Å². The van der Waals surface area contributed by atoms with Crippen LogP contribution in [0.5, 0.6) is 5.75 Å². The highest BCUT2D eigenvalue weighted by Gasteiger charge is 2.30. The topological polar surface area (TPSA) is 108 Å². The van der Waals surface area contributed by atoms with Crippen molar-refractivity contribution < 1.29 is 17.9 Å². The SMILES string of the molecule is Cc1ccccc1OCc1nc(SCC(=O)N2CCN(S(=O)(=O)c3ccccc3)CC2)n[nH]1. The first-order valence-corrected chi connectivity index (χ1v) is 12.9. The van der Waals surface area contributed by atoms with Crippen molar-refractivity contribution in [2.45, 2.75) is 23.6 Å². The fourth-order valence-electron chi connectivity index (χ4n) is 3.41. The highest BCUT2D eigenvalue weighted by Crippen LogP contribution is 2.20. The van der Waals surface area contributed by atoms with Crippen molar-refractivity contribution in [1.29, 1.82) is 0 Å². The van der Waals surface area contributed by atoms with Crippen LogP contribution in [0.25, 0.3) is 0 Å². The standard InChI is InChI=1S/C22H25N5O4S2/c1-17-7-5-6-10-19(17)31-15-20-23-22(25-24-20)32-16-21(28)26-11-13-27(14-12-26)33(29,30)18-8-3-2-4-9-18/h2-10H,11-16H2,1H3,(H,23,24,25). The molecule has 0 aliphatic carbocycles. The van der Waals surface area contributed by atoms with Gasteiger partial charge in [0, 0.05) is 26.2 Å². The third kappa shape index (κ3) is 5.73. The maximum atomic E-state index is 12.7. The summed E-state index contributed by atoms with van der Waals surface area (Å²) in [4.78, 5) is 18.9. The monoisotopic (exact) mass is 487 g/mol. The van der Waals surface area contributed by atoms with Crippen LogP contribution < -0.4 is 4.74 Å². The number of nitrogens with zero attached hydrogens (tertiary/aromatic N) is 4. The summed E-state index contributed by atoms with van der Waals surface area (Å²) in [6.45, 7) is 3.48. The fraction of sp³-hybridized carbons (Fsp3) is 0.318. The lowest BCUT2D eigenvalue weighted by Crippen LogP contribution is -2.50. The van der Waals surface area contributed by atoms with Crippen LogP contribution in [-0.2, 0) is 21.4 Å². The van der Waals surface area contributed by atoms with E-state index in [0.717, 1.165) is 11.3 Å². The summed E-state index contributed by atoms with van der Waals surface area (Å²) in [6, 6.07) is 16.1. The van der Waals surface area contributed by atoms with Gasteiger partial charge in [-0.3, -0.25) is 9.89 Å². The number of para-hydroxylation sites is 1. The Labute approximate surface area is 197 Å². The van der Waals surface area contributed by atoms with Crippen LogP contribution in [0.3, 0.4) is 0 Å². The summed E-state index contributed by atoms with van der Waals surface area (Å²) in [6.07, 6.45) is 0. The number of aromatic nitrogens is 3. The Kier molecular flexibility index (Phi) is 7.31. The molecule has 11 heteroatoms. The van der Waals surface area contributed by atoms with E-state index in [1.54, 1.807) is 35.2 Å². The molecular weight excluding hydrogens is 462 g/mol. The Morgan fingerprint density at radius 1 is 1.06 bits per heavy atom. The normalized spacial score (nSPS) is 14.9. The zero-order valence-corrected chi connectivity index (χ0v) is 19.8. The molecule has 2 heterocycles. The van der Waals surface area contributed by atoms with E-state index in [0.29, 0.717) is 24.1 Å². The second-order valence-corrected chi connectivity index (χ2v) is 10.4. The van der Waals surface area contributed by atoms with E-state index in [-0.39, 0.29) is 36.3 Å². The quantitative estimate of drug-likeness (QED) is 0.486. The second-order valence-electron chi connectivity index (χ2n) is 7.51. The third-order valence-electron chi connectivity index (χ3n) is 5.27. The number of H-pyrrole nitrogens is 1. The molecule has 9 nitrogen and oxygen atoms in total. The third-order valence-corrected chi connectivity index (χ3v) is 8.01. The molecule has 0 atom stereocenters. The molecule has 1 aromatic heterocycles. The smallest absolute Gasteiger partial charge is 0.243 e. The summed E-state index contributed by atoms with van der Waals surface area (Å²) < 4.78 is 32.6. The first kappa shape index (κ1) is 23.3. The predicted molar refractivity (Wildman–Crippen MR) is 124 cm³/mol. The molecule has 1 saturated heterocycles. The average molecular weight is 488 g/mol. The molecule has 1 amide bonds. The van der Waals surface area contributed by atoms with Gasteiger partial charge in [0.25, 0.3) is 0 Å². The number of hydrogen-bond donors (Lipinski definition) is 1. The van der Waals surface area contributed by atoms with Gasteiger partial charge in [-0.1, -0.05) is 48.2 Å². The Hall–Kier alpha value is -2.89. The minimum atomic E-state index is -3.54. The number of aromatic amines is 1. The second kappa shape index (κ2) is 10.4. The first-order valence-electron chi connectivity index (χ1n) is 10.5. The number of rotatable bonds is 8. The molecule has 1 aliphatic heterocycles. The van der Waals surface area contributed by atoms with Gasteiger partial charge in [-0.2, -0.15) is 4.31 Å². The van der Waals surface area contributed by atoms with Crippen molar-refractivity contribution in [3.8, 4) is 5.75 Å². The minimum Gasteiger partial charge on any atom is -0.485 e. The lowest BCUT2D eigenvalue weighted by molar-refractivity contribution is -0.129. The van der Waals surface area contributed by atoms with Crippen molar-refractivity contribution in [2.75, 3.05) is 31.9 Å². The Morgan fingerprint density at radius 2 is 1.76 bits per heavy atom. The number of piperazine rings is 1. The summed E-state index contributed by atoms with van der Waals surface area (Å²) >= 11 is 1.24. The number of aryl methyl sites for hydroxylation is 1. The summed E-state index contributed by atoms with van der Waals surface area (Å²) in [7, 11) is -3.54. The van der Waals surface area contributed by atoms with E-state index in [1.807, 2.05) is 31.2 Å². The maximum absolute atomic E-state index is 12.7. The zero-order valence-electron chi connectivity index (χ0n) is 18.2. The largest absolute Gasteiger partial charge is 0.485 e. The van der Waals surface area contributed by atoms with Crippen LogP contribution in [0.2, 0.25) is 0 Å². The van der Waals surface area contributed by atoms with Crippen molar-refractivity contribution in [3.63, 3.8) is 0 Å². The molecule has 0 radical (unpaired) electrons. The Bertz CT molecular complexity index is 1190. The molecular formula is C22H25N5O4S2. The molecule has 3 aromatic rings. The number of amides is 1. The van der Waals surface area contributed by atoms with Crippen molar-refractivity contribution in [3.05, 3.63) is 66.0 Å². The lowest BCUT2D eigenvalue weighted by Gasteiger charge is -2.33. The summed E-state index contributed by atoms with van der Waals surface area (Å²) in [5.41, 5.74) is 1.04. The molecule has 2 aromatic carbocycles. The van der Waals surface area contributed by atoms with Crippen LogP contribution in [-0.4, -0.2) is 70.6 Å². The highest BCUT2D eigenvalue weighted by atomic mass is 32.2. The average Bonchev–Trinajstić information content (AvgIpc) is 3.30. The summed E-state index contributed by atoms with van der Waals surface area (Å²) in [5.74, 6) is 1.47. The predicted octanol–water partition coefficient (Wildman–Crippen LogP) is 2.32. The van der Waals surface area contributed by atoms with Crippen LogP contribution in [0.15, 0.2) is 64.6 Å². The van der Waals surface area contributed by atoms with Crippen molar-refractivity contribution in [1.82, 2.24) is 24.4 Å². The van der Waals surface area contributed by atoms with E-state index >= 15 is 0 Å². The van der Waals surface area contributed by atoms with Gasteiger partial charge in [0.1, 0.15) is 12.4 Å². The molecule has 1 N–H and O–H groups in total. The van der Waals surface area contributed by atoms with Crippen molar-refractivity contribution in [2.24, 2.45) is 0 Å². The number of ether oxygens (including phenoxy) is 1. The molecule has 1 aliphatic rings. The van der Waals surface area contributed by atoms with Crippen LogP contribution in [0.4, 0.5) is 0 Å². The number of benzene rings is 2. The number of carbonyl (C=O) groups is 1. The van der Waals surface area contributed by atoms with Gasteiger partial charge < -0.3 is 9.64 Å². The van der Waals surface area contributed by atoms with Crippen molar-refractivity contribution >= 4 is 27.7 Å². The van der Waals surface area contributed by atoms with Gasteiger partial charge in [-0.15, -0.1) is 5.10 Å². The summed E-state index contributed by atoms with van der Waals surface area (Å²) in [5, 5.41) is 7.44. The van der Waals surface area contributed by atoms with Crippen LogP contribution in [0.1, 0.15) is 11.4 Å². The number of sulfonamides is 1. The van der Waals surface area contributed by atoms with Gasteiger partial charge in [-0.05, 0) is 30.7 Å². The lowest BCUT2D eigenvalue weighted by atomic mass is 10.2. The fourth-order valence-corrected chi connectivity index (χ4v) is 5.57. The number of nitrogens with one attached hydrogen (secondary N) is 1. The van der Waals surface area contributed by atoms with Crippen LogP contribution in [0, 0.1) is 6.92 Å². The van der Waals surface area contributed by atoms with Crippen LogP contribution >= 0.6 is 11.8 Å². The molecule has 0 bridgehead atoms. The molecule has 33 heavy (non-hydrogen) atoms. The Balaban J connectivity index is 1.24. The molecule has 0 unspecified atom stereocenters. The minimum absolute atomic E-state index is 0.0701. The molecule has 174 valence electrons. The molecule has 0 saturated carbocycles.